The van der Waals surface area contributed by atoms with Crippen molar-refractivity contribution in [2.75, 3.05) is 5.75 Å². The monoisotopic (exact) mass is 269 g/mol. The van der Waals surface area contributed by atoms with Crippen molar-refractivity contribution >= 4 is 9.84 Å². The summed E-state index contributed by atoms with van der Waals surface area (Å²) in [5.74, 6) is 0.121. The van der Waals surface area contributed by atoms with Crippen molar-refractivity contribution < 1.29 is 8.42 Å². The maximum absolute atomic E-state index is 12.1. The Hall–Kier alpha value is -0.870. The fourth-order valence-corrected chi connectivity index (χ4v) is 3.55. The highest BCUT2D eigenvalue weighted by atomic mass is 32.2. The van der Waals surface area contributed by atoms with Gasteiger partial charge in [-0.05, 0) is 25.3 Å². The molecule has 0 aliphatic carbocycles. The third kappa shape index (κ3) is 3.82. The van der Waals surface area contributed by atoms with Crippen LogP contribution < -0.4 is 5.73 Å². The lowest BCUT2D eigenvalue weighted by Gasteiger charge is -2.19. The molecule has 0 amide bonds. The van der Waals surface area contributed by atoms with Crippen molar-refractivity contribution in [3.05, 3.63) is 35.4 Å². The molecular weight excluding hydrogens is 246 g/mol. The Labute approximate surface area is 110 Å². The number of hydrogen-bond donors (Lipinski definition) is 1. The number of rotatable bonds is 5. The summed E-state index contributed by atoms with van der Waals surface area (Å²) in [6.45, 7) is 7.58. The molecule has 0 aliphatic rings. The number of aryl methyl sites for hydroxylation is 1. The van der Waals surface area contributed by atoms with Crippen LogP contribution in [0.3, 0.4) is 0 Å². The zero-order valence-electron chi connectivity index (χ0n) is 11.6. The predicted octanol–water partition coefficient (Wildman–Crippen LogP) is 2.45. The maximum atomic E-state index is 12.1. The molecule has 2 unspecified atom stereocenters. The van der Waals surface area contributed by atoms with Gasteiger partial charge >= 0.3 is 0 Å². The highest BCUT2D eigenvalue weighted by molar-refractivity contribution is 7.92. The number of hydrogen-bond acceptors (Lipinski definition) is 3. The first-order valence-electron chi connectivity index (χ1n) is 6.27. The number of sulfone groups is 1. The lowest BCUT2D eigenvalue weighted by atomic mass is 10.1. The van der Waals surface area contributed by atoms with Gasteiger partial charge < -0.3 is 5.73 Å². The van der Waals surface area contributed by atoms with E-state index in [0.717, 1.165) is 11.1 Å². The van der Waals surface area contributed by atoms with E-state index in [1.54, 1.807) is 6.92 Å². The largest absolute Gasteiger partial charge is 0.323 e. The molecule has 1 aromatic rings. The van der Waals surface area contributed by atoms with E-state index in [9.17, 15) is 8.42 Å². The van der Waals surface area contributed by atoms with Gasteiger partial charge in [-0.3, -0.25) is 0 Å². The van der Waals surface area contributed by atoms with E-state index in [1.807, 2.05) is 45.0 Å². The van der Waals surface area contributed by atoms with E-state index >= 15 is 0 Å². The summed E-state index contributed by atoms with van der Waals surface area (Å²) >= 11 is 0. The molecule has 0 spiro atoms. The molecule has 3 nitrogen and oxygen atoms in total. The van der Waals surface area contributed by atoms with Gasteiger partial charge in [0.15, 0.2) is 9.84 Å². The van der Waals surface area contributed by atoms with Gasteiger partial charge in [0.05, 0.1) is 11.0 Å². The van der Waals surface area contributed by atoms with Crippen molar-refractivity contribution in [1.29, 1.82) is 0 Å². The first-order valence-corrected chi connectivity index (χ1v) is 7.99. The molecule has 1 rings (SSSR count). The van der Waals surface area contributed by atoms with Crippen molar-refractivity contribution in [3.63, 3.8) is 0 Å². The molecule has 0 fully saturated rings. The molecule has 0 saturated carbocycles. The fraction of sp³-hybridized carbons (Fsp3) is 0.571. The highest BCUT2D eigenvalue weighted by Crippen LogP contribution is 2.19. The zero-order chi connectivity index (χ0) is 13.9. The fourth-order valence-electron chi connectivity index (χ4n) is 1.73. The van der Waals surface area contributed by atoms with Gasteiger partial charge in [-0.1, -0.05) is 43.7 Å². The van der Waals surface area contributed by atoms with Crippen molar-refractivity contribution in [2.45, 2.75) is 39.0 Å². The minimum atomic E-state index is -3.14. The van der Waals surface area contributed by atoms with Crippen LogP contribution >= 0.6 is 0 Å². The summed E-state index contributed by atoms with van der Waals surface area (Å²) in [5.41, 5.74) is 8.01. The molecule has 0 aliphatic heterocycles. The van der Waals surface area contributed by atoms with Crippen LogP contribution in [0.2, 0.25) is 0 Å². The average molecular weight is 269 g/mol. The first kappa shape index (κ1) is 15.2. The summed E-state index contributed by atoms with van der Waals surface area (Å²) in [4.78, 5) is 0. The van der Waals surface area contributed by atoms with Crippen molar-refractivity contribution in [1.82, 2.24) is 0 Å². The molecule has 0 aromatic heterocycles. The Kier molecular flexibility index (Phi) is 4.93. The van der Waals surface area contributed by atoms with Crippen LogP contribution in [0.25, 0.3) is 0 Å². The zero-order valence-corrected chi connectivity index (χ0v) is 12.4. The molecule has 0 radical (unpaired) electrons. The minimum Gasteiger partial charge on any atom is -0.323 e. The van der Waals surface area contributed by atoms with E-state index in [-0.39, 0.29) is 16.9 Å². The van der Waals surface area contributed by atoms with Crippen LogP contribution in [0, 0.1) is 12.8 Å². The lowest BCUT2D eigenvalue weighted by molar-refractivity contribution is 0.540. The summed E-state index contributed by atoms with van der Waals surface area (Å²) in [7, 11) is -3.14. The molecule has 18 heavy (non-hydrogen) atoms. The molecule has 2 N–H and O–H groups in total. The lowest BCUT2D eigenvalue weighted by Crippen LogP contribution is -2.31. The molecular formula is C14H23NO2S. The molecule has 102 valence electrons. The number of nitrogens with two attached hydrogens (primary N) is 1. The number of benzene rings is 1. The normalized spacial score (nSPS) is 15.7. The summed E-state index contributed by atoms with van der Waals surface area (Å²) in [6.07, 6.45) is 0. The van der Waals surface area contributed by atoms with E-state index in [0.29, 0.717) is 0 Å². The van der Waals surface area contributed by atoms with Crippen molar-refractivity contribution in [3.8, 4) is 0 Å². The Balaban J connectivity index is 2.81. The Bertz CT molecular complexity index is 477. The second kappa shape index (κ2) is 5.85. The third-order valence-corrected chi connectivity index (χ3v) is 5.92. The van der Waals surface area contributed by atoms with Crippen LogP contribution in [0.1, 0.15) is 37.9 Å². The van der Waals surface area contributed by atoms with Crippen LogP contribution in [0.5, 0.6) is 0 Å². The molecule has 0 saturated heterocycles. The Morgan fingerprint density at radius 1 is 1.11 bits per heavy atom. The maximum Gasteiger partial charge on any atom is 0.155 e. The minimum absolute atomic E-state index is 0.00933. The first-order chi connectivity index (χ1) is 8.24. The van der Waals surface area contributed by atoms with Crippen LogP contribution in [0.4, 0.5) is 0 Å². The molecule has 2 atom stereocenters. The van der Waals surface area contributed by atoms with E-state index in [1.165, 1.54) is 0 Å². The standard InChI is InChI=1S/C14H23NO2S/c1-10(2)12(4)18(16,17)9-14(15)13-7-5-11(3)6-8-13/h5-8,10,12,14H,9,15H2,1-4H3. The summed E-state index contributed by atoms with van der Waals surface area (Å²) in [6, 6.07) is 7.25. The van der Waals surface area contributed by atoms with Crippen LogP contribution in [-0.4, -0.2) is 19.4 Å². The van der Waals surface area contributed by atoms with E-state index in [2.05, 4.69) is 0 Å². The quantitative estimate of drug-likeness (QED) is 0.893. The van der Waals surface area contributed by atoms with E-state index in [4.69, 9.17) is 5.73 Å². The SMILES string of the molecule is Cc1ccc(C(N)CS(=O)(=O)C(C)C(C)C)cc1. The topological polar surface area (TPSA) is 60.2 Å². The second-order valence-electron chi connectivity index (χ2n) is 5.30. The third-order valence-electron chi connectivity index (χ3n) is 3.42. The van der Waals surface area contributed by atoms with Crippen LogP contribution in [-0.2, 0) is 9.84 Å². The van der Waals surface area contributed by atoms with Crippen LogP contribution in [0.15, 0.2) is 24.3 Å². The molecule has 1 aromatic carbocycles. The summed E-state index contributed by atoms with van der Waals surface area (Å²) < 4.78 is 24.3. The van der Waals surface area contributed by atoms with Gasteiger partial charge in [-0.15, -0.1) is 0 Å². The van der Waals surface area contributed by atoms with Crippen molar-refractivity contribution in [2.24, 2.45) is 11.7 Å². The molecule has 4 heteroatoms. The van der Waals surface area contributed by atoms with Gasteiger partial charge in [-0.2, -0.15) is 0 Å². The smallest absolute Gasteiger partial charge is 0.155 e. The van der Waals surface area contributed by atoms with Gasteiger partial charge in [0.25, 0.3) is 0 Å². The average Bonchev–Trinajstić information content (AvgIpc) is 2.28. The second-order valence-corrected chi connectivity index (χ2v) is 7.70. The van der Waals surface area contributed by atoms with Gasteiger partial charge in [0.1, 0.15) is 0 Å². The molecule has 0 bridgehead atoms. The van der Waals surface area contributed by atoms with Gasteiger partial charge in [0.2, 0.25) is 0 Å². The van der Waals surface area contributed by atoms with E-state index < -0.39 is 15.9 Å². The van der Waals surface area contributed by atoms with Gasteiger partial charge in [-0.25, -0.2) is 8.42 Å². The molecule has 0 heterocycles. The Morgan fingerprint density at radius 2 is 1.61 bits per heavy atom. The predicted molar refractivity (Wildman–Crippen MR) is 76.2 cm³/mol. The highest BCUT2D eigenvalue weighted by Gasteiger charge is 2.26. The summed E-state index contributed by atoms with van der Waals surface area (Å²) in [5, 5.41) is -0.353. The van der Waals surface area contributed by atoms with Gasteiger partial charge in [0, 0.05) is 6.04 Å². The Morgan fingerprint density at radius 3 is 2.06 bits per heavy atom.